The molecule has 0 aliphatic carbocycles. The highest BCUT2D eigenvalue weighted by molar-refractivity contribution is 7.99. The van der Waals surface area contributed by atoms with Gasteiger partial charge in [-0.15, -0.1) is 0 Å². The summed E-state index contributed by atoms with van der Waals surface area (Å²) in [7, 11) is 0. The van der Waals surface area contributed by atoms with Crippen molar-refractivity contribution in [1.29, 1.82) is 5.26 Å². The molecule has 0 aliphatic rings. The van der Waals surface area contributed by atoms with Crippen LogP contribution in [-0.4, -0.2) is 40.3 Å². The number of thioether (sulfide) groups is 1. The number of fused-ring (bicyclic) bond motifs is 1. The second kappa shape index (κ2) is 11.9. The lowest BCUT2D eigenvalue weighted by atomic mass is 10.2. The smallest absolute Gasteiger partial charge is 0.316 e. The predicted octanol–water partition coefficient (Wildman–Crippen LogP) is 4.67. The van der Waals surface area contributed by atoms with Gasteiger partial charge in [-0.1, -0.05) is 72.4 Å². The minimum absolute atomic E-state index is 0.0227. The molecule has 0 saturated heterocycles. The molecule has 176 valence electrons. The summed E-state index contributed by atoms with van der Waals surface area (Å²) >= 11 is 1.28. The van der Waals surface area contributed by atoms with Crippen LogP contribution in [0.4, 0.5) is 5.69 Å². The number of benzene rings is 3. The summed E-state index contributed by atoms with van der Waals surface area (Å²) in [4.78, 5) is 31.3. The first-order valence-electron chi connectivity index (χ1n) is 11.2. The summed E-state index contributed by atoms with van der Waals surface area (Å²) in [5.41, 5.74) is 3.63. The van der Waals surface area contributed by atoms with Crippen molar-refractivity contribution in [3.8, 4) is 6.07 Å². The minimum atomic E-state index is -0.505. The Kier molecular flexibility index (Phi) is 8.15. The first-order chi connectivity index (χ1) is 17.2. The number of aromatic nitrogens is 2. The van der Waals surface area contributed by atoms with Gasteiger partial charge in [-0.2, -0.15) is 5.26 Å². The number of hydrogen-bond donors (Lipinski definition) is 0. The van der Waals surface area contributed by atoms with Crippen molar-refractivity contribution in [1.82, 2.24) is 9.55 Å². The van der Waals surface area contributed by atoms with Crippen LogP contribution < -0.4 is 4.90 Å². The van der Waals surface area contributed by atoms with Gasteiger partial charge in [0, 0.05) is 12.2 Å². The van der Waals surface area contributed by atoms with E-state index in [9.17, 15) is 9.59 Å². The lowest BCUT2D eigenvalue weighted by molar-refractivity contribution is -0.145. The van der Waals surface area contributed by atoms with Crippen LogP contribution >= 0.6 is 11.8 Å². The second-order valence-corrected chi connectivity index (χ2v) is 8.64. The third-order valence-electron chi connectivity index (χ3n) is 5.29. The number of carbonyl (C=O) groups is 2. The maximum absolute atomic E-state index is 12.7. The monoisotopic (exact) mass is 484 g/mol. The summed E-state index contributed by atoms with van der Waals surface area (Å²) in [6, 6.07) is 29.0. The number of anilines is 1. The predicted molar refractivity (Wildman–Crippen MR) is 136 cm³/mol. The summed E-state index contributed by atoms with van der Waals surface area (Å²) in [6.07, 6.45) is 0.183. The lowest BCUT2D eigenvalue weighted by Crippen LogP contribution is -2.35. The van der Waals surface area contributed by atoms with Gasteiger partial charge < -0.3 is 14.2 Å². The number of carbonyl (C=O) groups excluding carboxylic acids is 2. The van der Waals surface area contributed by atoms with Crippen molar-refractivity contribution < 1.29 is 14.3 Å². The molecule has 0 unspecified atom stereocenters. The third kappa shape index (κ3) is 6.28. The summed E-state index contributed by atoms with van der Waals surface area (Å²) < 4.78 is 7.35. The van der Waals surface area contributed by atoms with Crippen molar-refractivity contribution in [3.05, 3.63) is 90.5 Å². The van der Waals surface area contributed by atoms with E-state index in [0.717, 1.165) is 16.6 Å². The Balaban J connectivity index is 1.39. The molecular formula is C27H24N4O3S. The van der Waals surface area contributed by atoms with Gasteiger partial charge >= 0.3 is 5.97 Å². The van der Waals surface area contributed by atoms with Crippen LogP contribution in [-0.2, 0) is 20.9 Å². The number of ether oxygens (including phenoxy) is 1. The van der Waals surface area contributed by atoms with Crippen molar-refractivity contribution in [2.24, 2.45) is 0 Å². The Morgan fingerprint density at radius 2 is 1.66 bits per heavy atom. The van der Waals surface area contributed by atoms with E-state index in [1.54, 1.807) is 12.1 Å². The van der Waals surface area contributed by atoms with Gasteiger partial charge in [0.25, 0.3) is 5.91 Å². The van der Waals surface area contributed by atoms with E-state index in [1.165, 1.54) is 16.7 Å². The molecule has 7 nitrogen and oxygen atoms in total. The first kappa shape index (κ1) is 24.0. The fraction of sp³-hybridized carbons (Fsp3) is 0.185. The maximum atomic E-state index is 12.7. The van der Waals surface area contributed by atoms with Crippen LogP contribution in [0.3, 0.4) is 0 Å². The van der Waals surface area contributed by atoms with Crippen molar-refractivity contribution in [2.45, 2.75) is 18.1 Å². The first-order valence-corrected chi connectivity index (χ1v) is 12.1. The molecule has 35 heavy (non-hydrogen) atoms. The van der Waals surface area contributed by atoms with E-state index in [1.807, 2.05) is 78.9 Å². The van der Waals surface area contributed by atoms with Crippen LogP contribution in [0.25, 0.3) is 11.0 Å². The highest BCUT2D eigenvalue weighted by Crippen LogP contribution is 2.25. The molecule has 0 aliphatic heterocycles. The maximum Gasteiger partial charge on any atom is 0.316 e. The van der Waals surface area contributed by atoms with E-state index in [4.69, 9.17) is 15.0 Å². The molecule has 1 amide bonds. The fourth-order valence-electron chi connectivity index (χ4n) is 3.64. The summed E-state index contributed by atoms with van der Waals surface area (Å²) in [5, 5.41) is 9.63. The lowest BCUT2D eigenvalue weighted by Gasteiger charge is -2.21. The normalized spacial score (nSPS) is 10.6. The Hall–Kier alpha value is -4.09. The topological polar surface area (TPSA) is 88.2 Å². The van der Waals surface area contributed by atoms with Crippen LogP contribution in [0.2, 0.25) is 0 Å². The molecule has 1 aromatic heterocycles. The number of amides is 1. The van der Waals surface area contributed by atoms with E-state index in [0.29, 0.717) is 17.4 Å². The van der Waals surface area contributed by atoms with E-state index >= 15 is 0 Å². The molecule has 0 atom stereocenters. The molecule has 1 heterocycles. The van der Waals surface area contributed by atoms with Gasteiger partial charge in [0.2, 0.25) is 0 Å². The van der Waals surface area contributed by atoms with Crippen molar-refractivity contribution >= 4 is 40.4 Å². The zero-order chi connectivity index (χ0) is 24.5. The molecular weight excluding hydrogens is 460 g/mol. The van der Waals surface area contributed by atoms with Gasteiger partial charge in [-0.3, -0.25) is 9.59 Å². The van der Waals surface area contributed by atoms with Gasteiger partial charge in [-0.05, 0) is 29.8 Å². The molecule has 0 fully saturated rings. The molecule has 0 saturated carbocycles. The average molecular weight is 485 g/mol. The summed E-state index contributed by atoms with van der Waals surface area (Å²) in [5.74, 6) is -0.856. The SMILES string of the molecule is N#CCCN(C(=O)COC(=O)CSc1nc2ccccc2n1Cc1ccccc1)c1ccccc1. The Morgan fingerprint density at radius 3 is 2.40 bits per heavy atom. The third-order valence-corrected chi connectivity index (χ3v) is 6.24. The van der Waals surface area contributed by atoms with Gasteiger partial charge in [0.15, 0.2) is 11.8 Å². The Labute approximate surface area is 207 Å². The molecule has 3 aromatic carbocycles. The molecule has 0 spiro atoms. The quantitative estimate of drug-likeness (QED) is 0.240. The summed E-state index contributed by atoms with van der Waals surface area (Å²) in [6.45, 7) is 0.470. The number of rotatable bonds is 10. The largest absolute Gasteiger partial charge is 0.455 e. The van der Waals surface area contributed by atoms with E-state index in [2.05, 4.69) is 4.57 Å². The van der Waals surface area contributed by atoms with Crippen LogP contribution in [0.5, 0.6) is 0 Å². The van der Waals surface area contributed by atoms with Crippen molar-refractivity contribution in [3.63, 3.8) is 0 Å². The van der Waals surface area contributed by atoms with Crippen LogP contribution in [0, 0.1) is 11.3 Å². The van der Waals surface area contributed by atoms with Gasteiger partial charge in [0.05, 0.1) is 35.8 Å². The number of nitrogens with zero attached hydrogens (tertiary/aromatic N) is 4. The molecule has 0 N–H and O–H groups in total. The zero-order valence-corrected chi connectivity index (χ0v) is 19.9. The molecule has 4 rings (SSSR count). The zero-order valence-electron chi connectivity index (χ0n) is 19.0. The highest BCUT2D eigenvalue weighted by Gasteiger charge is 2.19. The number of imidazole rings is 1. The van der Waals surface area contributed by atoms with Crippen LogP contribution in [0.15, 0.2) is 90.1 Å². The van der Waals surface area contributed by atoms with Gasteiger partial charge in [0.1, 0.15) is 0 Å². The molecule has 0 bridgehead atoms. The second-order valence-electron chi connectivity index (χ2n) is 7.69. The van der Waals surface area contributed by atoms with E-state index < -0.39 is 5.97 Å². The van der Waals surface area contributed by atoms with Gasteiger partial charge in [-0.25, -0.2) is 4.98 Å². The molecule has 0 radical (unpaired) electrons. The van der Waals surface area contributed by atoms with E-state index in [-0.39, 0.29) is 31.2 Å². The Morgan fingerprint density at radius 1 is 0.971 bits per heavy atom. The highest BCUT2D eigenvalue weighted by atomic mass is 32.2. The number of para-hydroxylation sites is 3. The van der Waals surface area contributed by atoms with Crippen molar-refractivity contribution in [2.75, 3.05) is 23.8 Å². The number of hydrogen-bond acceptors (Lipinski definition) is 6. The minimum Gasteiger partial charge on any atom is -0.455 e. The molecule has 8 heteroatoms. The molecule has 4 aromatic rings. The fourth-order valence-corrected chi connectivity index (χ4v) is 4.45. The van der Waals surface area contributed by atoms with Crippen LogP contribution in [0.1, 0.15) is 12.0 Å². The Bertz CT molecular complexity index is 1330. The number of nitriles is 1. The average Bonchev–Trinajstić information content (AvgIpc) is 3.25. The number of esters is 1. The standard InChI is InChI=1S/C27H24N4O3S/c28-16-9-17-30(22-12-5-2-6-13-22)25(32)19-34-26(33)20-35-27-29-23-14-7-8-15-24(23)31(27)18-21-10-3-1-4-11-21/h1-8,10-15H,9,17-20H2.